The minimum Gasteiger partial charge on any atom is -0.342 e. The van der Waals surface area contributed by atoms with Crippen molar-refractivity contribution in [3.05, 3.63) is 0 Å². The monoisotopic (exact) mass is 212 g/mol. The molecule has 1 saturated heterocycles. The molecule has 88 valence electrons. The summed E-state index contributed by atoms with van der Waals surface area (Å²) in [7, 11) is 0. The van der Waals surface area contributed by atoms with Crippen molar-refractivity contribution in [2.75, 3.05) is 19.6 Å². The predicted molar refractivity (Wildman–Crippen MR) is 62.4 cm³/mol. The van der Waals surface area contributed by atoms with Crippen LogP contribution >= 0.6 is 0 Å². The molecular weight excluding hydrogens is 188 g/mol. The summed E-state index contributed by atoms with van der Waals surface area (Å²) in [6, 6.07) is 0. The zero-order valence-electron chi connectivity index (χ0n) is 10.3. The van der Waals surface area contributed by atoms with E-state index < -0.39 is 0 Å². The van der Waals surface area contributed by atoms with E-state index in [-0.39, 0.29) is 11.8 Å². The molecule has 0 aromatic heterocycles. The molecular formula is C12H24N2O. The number of piperidine rings is 1. The number of hydrogen-bond acceptors (Lipinski definition) is 2. The minimum atomic E-state index is -0.0239. The summed E-state index contributed by atoms with van der Waals surface area (Å²) >= 11 is 0. The van der Waals surface area contributed by atoms with E-state index in [2.05, 4.69) is 13.8 Å². The van der Waals surface area contributed by atoms with Crippen LogP contribution < -0.4 is 5.73 Å². The van der Waals surface area contributed by atoms with E-state index in [1.165, 1.54) is 6.42 Å². The van der Waals surface area contributed by atoms with Gasteiger partial charge in [-0.05, 0) is 24.7 Å². The van der Waals surface area contributed by atoms with Crippen molar-refractivity contribution in [3.8, 4) is 0 Å². The summed E-state index contributed by atoms with van der Waals surface area (Å²) in [6.07, 6.45) is 3.52. The first-order chi connectivity index (χ1) is 7.02. The lowest BCUT2D eigenvalue weighted by atomic mass is 9.79. The molecule has 0 saturated carbocycles. The van der Waals surface area contributed by atoms with Gasteiger partial charge in [0, 0.05) is 25.6 Å². The first-order valence-electron chi connectivity index (χ1n) is 6.01. The van der Waals surface area contributed by atoms with Crippen molar-refractivity contribution in [3.63, 3.8) is 0 Å². The lowest BCUT2D eigenvalue weighted by Crippen LogP contribution is -2.47. The van der Waals surface area contributed by atoms with Crippen molar-refractivity contribution in [1.82, 2.24) is 4.90 Å². The van der Waals surface area contributed by atoms with Gasteiger partial charge in [0.25, 0.3) is 0 Å². The second-order valence-electron chi connectivity index (χ2n) is 5.16. The molecule has 1 rings (SSSR count). The lowest BCUT2D eigenvalue weighted by molar-refractivity contribution is -0.138. The Balaban J connectivity index is 2.60. The molecule has 1 heterocycles. The van der Waals surface area contributed by atoms with Gasteiger partial charge in [0.2, 0.25) is 5.91 Å². The highest BCUT2D eigenvalue weighted by molar-refractivity contribution is 5.78. The van der Waals surface area contributed by atoms with E-state index in [1.807, 2.05) is 11.8 Å². The number of nitrogens with zero attached hydrogens (tertiary/aromatic N) is 1. The summed E-state index contributed by atoms with van der Waals surface area (Å²) in [4.78, 5) is 14.0. The normalized spacial score (nSPS) is 28.9. The molecule has 0 aromatic carbocycles. The third-order valence-corrected chi connectivity index (χ3v) is 3.72. The summed E-state index contributed by atoms with van der Waals surface area (Å²) in [5.41, 5.74) is 5.85. The average Bonchev–Trinajstić information content (AvgIpc) is 2.27. The van der Waals surface area contributed by atoms with E-state index in [4.69, 9.17) is 5.73 Å². The van der Waals surface area contributed by atoms with Gasteiger partial charge in [-0.3, -0.25) is 4.79 Å². The third kappa shape index (κ3) is 2.94. The second kappa shape index (κ2) is 4.97. The van der Waals surface area contributed by atoms with Crippen LogP contribution in [0.5, 0.6) is 0 Å². The molecule has 3 heteroatoms. The van der Waals surface area contributed by atoms with E-state index in [0.29, 0.717) is 12.0 Å². The Morgan fingerprint density at radius 2 is 2.27 bits per heavy atom. The molecule has 0 radical (unpaired) electrons. The molecule has 15 heavy (non-hydrogen) atoms. The van der Waals surface area contributed by atoms with Crippen LogP contribution in [0, 0.1) is 11.3 Å². The van der Waals surface area contributed by atoms with Crippen molar-refractivity contribution in [1.29, 1.82) is 0 Å². The number of amides is 1. The second-order valence-corrected chi connectivity index (χ2v) is 5.16. The van der Waals surface area contributed by atoms with Crippen molar-refractivity contribution < 1.29 is 4.79 Å². The standard InChI is InChI=1S/C12H24N2O/c1-4-12(3)6-5-7-14(9-12)11(15)10(2)8-13/h10H,4-9,13H2,1-3H3. The quantitative estimate of drug-likeness (QED) is 0.772. The molecule has 0 bridgehead atoms. The molecule has 2 unspecified atom stereocenters. The summed E-state index contributed by atoms with van der Waals surface area (Å²) in [5, 5.41) is 0. The zero-order valence-corrected chi connectivity index (χ0v) is 10.3. The summed E-state index contributed by atoms with van der Waals surface area (Å²) in [5.74, 6) is 0.209. The fourth-order valence-corrected chi connectivity index (χ4v) is 2.20. The van der Waals surface area contributed by atoms with E-state index >= 15 is 0 Å². The van der Waals surface area contributed by atoms with Gasteiger partial charge in [-0.25, -0.2) is 0 Å². The molecule has 0 aromatic rings. The summed E-state index contributed by atoms with van der Waals surface area (Å²) in [6.45, 7) is 8.68. The Bertz CT molecular complexity index is 230. The molecule has 3 nitrogen and oxygen atoms in total. The smallest absolute Gasteiger partial charge is 0.226 e. The van der Waals surface area contributed by atoms with E-state index in [0.717, 1.165) is 25.9 Å². The van der Waals surface area contributed by atoms with E-state index in [9.17, 15) is 4.79 Å². The molecule has 1 fully saturated rings. The highest BCUT2D eigenvalue weighted by Crippen LogP contribution is 2.32. The number of likely N-dealkylation sites (tertiary alicyclic amines) is 1. The van der Waals surface area contributed by atoms with Gasteiger partial charge >= 0.3 is 0 Å². The molecule has 0 spiro atoms. The van der Waals surface area contributed by atoms with Gasteiger partial charge < -0.3 is 10.6 Å². The Morgan fingerprint density at radius 3 is 2.80 bits per heavy atom. The minimum absolute atomic E-state index is 0.0239. The van der Waals surface area contributed by atoms with Crippen LogP contribution in [0.4, 0.5) is 0 Å². The Morgan fingerprint density at radius 1 is 1.60 bits per heavy atom. The predicted octanol–water partition coefficient (Wildman–Crippen LogP) is 1.62. The van der Waals surface area contributed by atoms with Gasteiger partial charge in [0.05, 0.1) is 0 Å². The number of carbonyl (C=O) groups is 1. The largest absolute Gasteiger partial charge is 0.342 e. The van der Waals surface area contributed by atoms with Crippen molar-refractivity contribution in [2.24, 2.45) is 17.1 Å². The first-order valence-corrected chi connectivity index (χ1v) is 6.01. The Hall–Kier alpha value is -0.570. The topological polar surface area (TPSA) is 46.3 Å². The number of nitrogens with two attached hydrogens (primary N) is 1. The Labute approximate surface area is 93.0 Å². The van der Waals surface area contributed by atoms with Gasteiger partial charge in [0.1, 0.15) is 0 Å². The fraction of sp³-hybridized carbons (Fsp3) is 0.917. The molecule has 1 aliphatic rings. The fourth-order valence-electron chi connectivity index (χ4n) is 2.20. The maximum absolute atomic E-state index is 12.0. The third-order valence-electron chi connectivity index (χ3n) is 3.72. The van der Waals surface area contributed by atoms with Crippen molar-refractivity contribution in [2.45, 2.75) is 40.0 Å². The Kier molecular flexibility index (Phi) is 4.14. The lowest BCUT2D eigenvalue weighted by Gasteiger charge is -2.40. The van der Waals surface area contributed by atoms with Crippen LogP contribution in [0.15, 0.2) is 0 Å². The van der Waals surface area contributed by atoms with Gasteiger partial charge in [0.15, 0.2) is 0 Å². The van der Waals surface area contributed by atoms with Crippen LogP contribution in [0.2, 0.25) is 0 Å². The van der Waals surface area contributed by atoms with Crippen LogP contribution in [0.3, 0.4) is 0 Å². The zero-order chi connectivity index (χ0) is 11.5. The van der Waals surface area contributed by atoms with E-state index in [1.54, 1.807) is 0 Å². The van der Waals surface area contributed by atoms with Crippen LogP contribution in [-0.2, 0) is 4.79 Å². The molecule has 2 N–H and O–H groups in total. The van der Waals surface area contributed by atoms with Gasteiger partial charge in [-0.1, -0.05) is 20.8 Å². The van der Waals surface area contributed by atoms with Crippen molar-refractivity contribution >= 4 is 5.91 Å². The highest BCUT2D eigenvalue weighted by Gasteiger charge is 2.32. The number of carbonyl (C=O) groups excluding carboxylic acids is 1. The molecule has 0 aliphatic carbocycles. The van der Waals surface area contributed by atoms with Crippen LogP contribution in [0.25, 0.3) is 0 Å². The maximum atomic E-state index is 12.0. The highest BCUT2D eigenvalue weighted by atomic mass is 16.2. The first kappa shape index (κ1) is 12.5. The van der Waals surface area contributed by atoms with Gasteiger partial charge in [-0.2, -0.15) is 0 Å². The van der Waals surface area contributed by atoms with Crippen LogP contribution in [-0.4, -0.2) is 30.4 Å². The van der Waals surface area contributed by atoms with Gasteiger partial charge in [-0.15, -0.1) is 0 Å². The van der Waals surface area contributed by atoms with Crippen LogP contribution in [0.1, 0.15) is 40.0 Å². The SMILES string of the molecule is CCC1(C)CCCN(C(=O)C(C)CN)C1. The molecule has 1 aliphatic heterocycles. The number of rotatable bonds is 3. The summed E-state index contributed by atoms with van der Waals surface area (Å²) < 4.78 is 0. The molecule has 1 amide bonds. The maximum Gasteiger partial charge on any atom is 0.226 e. The molecule has 2 atom stereocenters. The average molecular weight is 212 g/mol. The number of hydrogen-bond donors (Lipinski definition) is 1.